The van der Waals surface area contributed by atoms with Crippen molar-refractivity contribution < 1.29 is 4.79 Å². The fourth-order valence-corrected chi connectivity index (χ4v) is 12.1. The Labute approximate surface area is 264 Å². The van der Waals surface area contributed by atoms with Crippen molar-refractivity contribution in [1.82, 2.24) is 0 Å². The summed E-state index contributed by atoms with van der Waals surface area (Å²) in [6, 6.07) is 0. The number of rotatable bonds is 12. The lowest BCUT2D eigenvalue weighted by atomic mass is 9.41. The van der Waals surface area contributed by atoms with E-state index < -0.39 is 15.2 Å². The highest BCUT2D eigenvalue weighted by Gasteiger charge is 2.79. The summed E-state index contributed by atoms with van der Waals surface area (Å²) < 4.78 is -0.834. The number of carbonyl (C=O) groups excluding carboxylic acids is 1. The summed E-state index contributed by atoms with van der Waals surface area (Å²) in [7, 11) is 0. The molecule has 0 unspecified atom stereocenters. The van der Waals surface area contributed by atoms with Crippen molar-refractivity contribution >= 4 is 29.0 Å². The van der Waals surface area contributed by atoms with E-state index in [-0.39, 0.29) is 0 Å². The highest BCUT2D eigenvalue weighted by molar-refractivity contribution is 6.55. The van der Waals surface area contributed by atoms with Gasteiger partial charge in [0.15, 0.2) is 5.78 Å². The van der Waals surface area contributed by atoms with Crippen LogP contribution in [0.15, 0.2) is 0 Å². The van der Waals surface area contributed by atoms with Gasteiger partial charge < -0.3 is 0 Å². The maximum absolute atomic E-state index is 14.1. The Hall–Kier alpha value is 0.250. The maximum atomic E-state index is 14.1. The van der Waals surface area contributed by atoms with Gasteiger partial charge in [-0.3, -0.25) is 4.79 Å². The van der Waals surface area contributed by atoms with Crippen LogP contribution < -0.4 is 0 Å². The molecule has 5 aliphatic carbocycles. The first-order chi connectivity index (χ1) is 19.9. The van der Waals surface area contributed by atoms with Gasteiger partial charge in [0, 0.05) is 0 Å². The molecule has 0 radical (unpaired) electrons. The number of unbranched alkanes of at least 4 members (excludes halogenated alkanes) is 6. The molecular weight excluding hydrogens is 543 g/mol. The van der Waals surface area contributed by atoms with Crippen LogP contribution in [0, 0.1) is 46.3 Å². The van der Waals surface area contributed by atoms with Crippen LogP contribution in [0.4, 0.5) is 0 Å². The van der Waals surface area contributed by atoms with Gasteiger partial charge in [0.1, 0.15) is 4.33 Å². The minimum absolute atomic E-state index is 0.439. The first-order valence-corrected chi connectivity index (χ1v) is 19.5. The molecule has 0 aliphatic heterocycles. The topological polar surface area (TPSA) is 17.1 Å². The van der Waals surface area contributed by atoms with Gasteiger partial charge in [-0.15, -0.1) is 0 Å². The number of alkyl halides is 2. The summed E-state index contributed by atoms with van der Waals surface area (Å²) >= 11 is 14.7. The average Bonchev–Trinajstić information content (AvgIpc) is 3.02. The largest absolute Gasteiger partial charge is 0.298 e. The third-order valence-corrected chi connectivity index (χ3v) is 15.3. The highest BCUT2D eigenvalue weighted by Crippen LogP contribution is 2.75. The summed E-state index contributed by atoms with van der Waals surface area (Å²) in [5.41, 5.74) is -0.877. The van der Waals surface area contributed by atoms with Gasteiger partial charge in [-0.25, -0.2) is 0 Å². The number of halogens is 2. The van der Waals surface area contributed by atoms with Crippen LogP contribution in [0.3, 0.4) is 0 Å². The zero-order valence-electron chi connectivity index (χ0n) is 27.0. The summed E-state index contributed by atoms with van der Waals surface area (Å²) in [6.07, 6.45) is 34.1. The third-order valence-electron chi connectivity index (χ3n) is 13.9. The van der Waals surface area contributed by atoms with E-state index in [4.69, 9.17) is 23.2 Å². The molecule has 5 fully saturated rings. The van der Waals surface area contributed by atoms with Crippen LogP contribution in [-0.2, 0) is 4.79 Å². The van der Waals surface area contributed by atoms with Gasteiger partial charge in [-0.1, -0.05) is 127 Å². The molecule has 0 aromatic rings. The third kappa shape index (κ3) is 6.63. The van der Waals surface area contributed by atoms with Crippen molar-refractivity contribution in [3.8, 4) is 0 Å². The molecule has 0 aromatic heterocycles. The molecule has 0 amide bonds. The summed E-state index contributed by atoms with van der Waals surface area (Å²) in [5.74, 6) is 5.80. The first-order valence-electron chi connectivity index (χ1n) is 18.8. The average molecular weight is 608 g/mol. The molecule has 5 aliphatic rings. The van der Waals surface area contributed by atoms with E-state index >= 15 is 0 Å². The van der Waals surface area contributed by atoms with E-state index in [1.54, 1.807) is 0 Å². The lowest BCUT2D eigenvalue weighted by molar-refractivity contribution is -0.173. The summed E-state index contributed by atoms with van der Waals surface area (Å²) in [6.45, 7) is 4.61. The predicted molar refractivity (Wildman–Crippen MR) is 177 cm³/mol. The van der Waals surface area contributed by atoms with E-state index in [9.17, 15) is 4.79 Å². The molecule has 2 spiro atoms. The maximum Gasteiger partial charge on any atom is 0.151 e. The molecule has 0 atom stereocenters. The van der Waals surface area contributed by atoms with Crippen LogP contribution in [-0.4, -0.2) is 10.1 Å². The van der Waals surface area contributed by atoms with Crippen molar-refractivity contribution in [3.63, 3.8) is 0 Å². The van der Waals surface area contributed by atoms with E-state index in [1.807, 2.05) is 0 Å². The van der Waals surface area contributed by atoms with E-state index in [2.05, 4.69) is 13.8 Å². The van der Waals surface area contributed by atoms with Gasteiger partial charge in [0.2, 0.25) is 0 Å². The van der Waals surface area contributed by atoms with Crippen molar-refractivity contribution in [3.05, 3.63) is 0 Å². The molecule has 5 rings (SSSR count). The molecular formula is C38H64Cl2O. The van der Waals surface area contributed by atoms with Crippen molar-refractivity contribution in [2.45, 2.75) is 185 Å². The van der Waals surface area contributed by atoms with E-state index in [0.29, 0.717) is 5.78 Å². The Morgan fingerprint density at radius 2 is 0.854 bits per heavy atom. The quantitative estimate of drug-likeness (QED) is 0.159. The number of Topliss-reactive ketones (excluding diaryl/α,β-unsaturated/α-hetero) is 1. The zero-order valence-corrected chi connectivity index (χ0v) is 28.5. The number of hydrogen-bond acceptors (Lipinski definition) is 1. The van der Waals surface area contributed by atoms with Crippen molar-refractivity contribution in [1.29, 1.82) is 0 Å². The van der Waals surface area contributed by atoms with Gasteiger partial charge in [0.25, 0.3) is 0 Å². The Morgan fingerprint density at radius 3 is 1.17 bits per heavy atom. The second-order valence-corrected chi connectivity index (χ2v) is 17.3. The summed E-state index contributed by atoms with van der Waals surface area (Å²) in [5, 5.41) is 0. The number of hydrogen-bond donors (Lipinski definition) is 0. The molecule has 3 heteroatoms. The Kier molecular flexibility index (Phi) is 11.6. The lowest BCUT2D eigenvalue weighted by Gasteiger charge is -2.67. The number of carbonyl (C=O) groups is 1. The minimum Gasteiger partial charge on any atom is -0.298 e. The molecule has 0 saturated heterocycles. The normalized spacial score (nSPS) is 41.0. The van der Waals surface area contributed by atoms with Gasteiger partial charge in [-0.05, 0) is 113 Å². The highest BCUT2D eigenvalue weighted by atomic mass is 35.5. The van der Waals surface area contributed by atoms with Crippen LogP contribution >= 0.6 is 23.2 Å². The molecule has 236 valence electrons. The zero-order chi connectivity index (χ0) is 28.9. The molecule has 0 heterocycles. The first kappa shape index (κ1) is 32.6. The van der Waals surface area contributed by atoms with E-state index in [1.165, 1.54) is 141 Å². The molecule has 1 nitrogen and oxygen atoms in total. The fraction of sp³-hybridized carbons (Fsp3) is 0.974. The molecule has 0 N–H and O–H groups in total. The monoisotopic (exact) mass is 606 g/mol. The molecule has 5 saturated carbocycles. The molecule has 41 heavy (non-hydrogen) atoms. The van der Waals surface area contributed by atoms with E-state index in [0.717, 1.165) is 61.2 Å². The van der Waals surface area contributed by atoms with Crippen LogP contribution in [0.5, 0.6) is 0 Å². The number of ketones is 1. The van der Waals surface area contributed by atoms with Gasteiger partial charge in [-0.2, -0.15) is 0 Å². The molecule has 0 aromatic carbocycles. The van der Waals surface area contributed by atoms with Crippen LogP contribution in [0.1, 0.15) is 181 Å². The van der Waals surface area contributed by atoms with Crippen LogP contribution in [0.2, 0.25) is 0 Å². The predicted octanol–water partition coefficient (Wildman–Crippen LogP) is 12.6. The van der Waals surface area contributed by atoms with Crippen molar-refractivity contribution in [2.75, 3.05) is 0 Å². The lowest BCUT2D eigenvalue weighted by Crippen LogP contribution is -2.74. The minimum atomic E-state index is -0.834. The van der Waals surface area contributed by atoms with Gasteiger partial charge in [0.05, 0.1) is 10.8 Å². The Bertz CT molecular complexity index is 738. The van der Waals surface area contributed by atoms with Gasteiger partial charge >= 0.3 is 0 Å². The standard InChI is InChI=1S/C38H64Cl2O/c1-3-5-7-9-11-29-13-17-31(18-14-29)33-21-25-36(26-22-33)35(41)37(38(36,39)40)27-23-34(24-28-37)32-19-15-30(16-20-32)12-10-8-6-4-2/h29-34H,3-28H2,1-2H3/t29?,30?,31?,32?,33-,34?,36+,37-. The smallest absolute Gasteiger partial charge is 0.151 e. The van der Waals surface area contributed by atoms with Crippen molar-refractivity contribution in [2.24, 2.45) is 46.3 Å². The second-order valence-electron chi connectivity index (χ2n) is 16.0. The molecule has 0 bridgehead atoms. The fourth-order valence-electron chi connectivity index (χ4n) is 11.0. The summed E-state index contributed by atoms with van der Waals surface area (Å²) in [4.78, 5) is 14.1. The Balaban J connectivity index is 1.05. The second kappa shape index (κ2) is 14.6. The van der Waals surface area contributed by atoms with Crippen LogP contribution in [0.25, 0.3) is 0 Å². The Morgan fingerprint density at radius 1 is 0.512 bits per heavy atom. The SMILES string of the molecule is CCCCCCC1CCC(C2CC[C@]3(CC2)C(=O)[C@@]2(CC[C@@H](C4CCC(CCCCCC)CC4)CC2)C3(Cl)Cl)CC1.